The zero-order chi connectivity index (χ0) is 6.69. The number of hydrogen-bond donors (Lipinski definition) is 0. The van der Waals surface area contributed by atoms with Gasteiger partial charge >= 0.3 is 0 Å². The average molecular weight is 126 g/mol. The molecule has 0 aromatic carbocycles. The molecule has 9 heavy (non-hydrogen) atoms. The molecule has 1 rings (SSSR count). The fourth-order valence-corrected chi connectivity index (χ4v) is 1.01. The van der Waals surface area contributed by atoms with E-state index in [2.05, 4.69) is 19.9 Å². The summed E-state index contributed by atoms with van der Waals surface area (Å²) in [5.41, 5.74) is 0. The van der Waals surface area contributed by atoms with E-state index in [4.69, 9.17) is 4.74 Å². The molecule has 0 saturated carbocycles. The van der Waals surface area contributed by atoms with Crippen molar-refractivity contribution in [2.24, 2.45) is 11.8 Å². The van der Waals surface area contributed by atoms with Gasteiger partial charge < -0.3 is 4.74 Å². The first-order valence-corrected chi connectivity index (χ1v) is 3.57. The van der Waals surface area contributed by atoms with Crippen molar-refractivity contribution in [1.29, 1.82) is 0 Å². The van der Waals surface area contributed by atoms with E-state index in [0.29, 0.717) is 0 Å². The highest BCUT2D eigenvalue weighted by Gasteiger charge is 2.13. The molecule has 0 saturated heterocycles. The summed E-state index contributed by atoms with van der Waals surface area (Å²) < 4.78 is 5.16. The molecule has 1 heterocycles. The third kappa shape index (κ3) is 1.74. The lowest BCUT2D eigenvalue weighted by Crippen LogP contribution is -2.16. The molecule has 1 unspecified atom stereocenters. The van der Waals surface area contributed by atoms with Gasteiger partial charge in [0.15, 0.2) is 0 Å². The second-order valence-corrected chi connectivity index (χ2v) is 2.94. The lowest BCUT2D eigenvalue weighted by Gasteiger charge is -2.21. The Morgan fingerprint density at radius 2 is 2.33 bits per heavy atom. The van der Waals surface area contributed by atoms with E-state index in [1.54, 1.807) is 6.26 Å². The van der Waals surface area contributed by atoms with Crippen molar-refractivity contribution in [2.45, 2.75) is 20.3 Å². The monoisotopic (exact) mass is 126 g/mol. The Kier molecular flexibility index (Phi) is 2.15. The molecule has 0 aromatic heterocycles. The van der Waals surface area contributed by atoms with Gasteiger partial charge in [-0.2, -0.15) is 0 Å². The summed E-state index contributed by atoms with van der Waals surface area (Å²) in [6.45, 7) is 5.40. The fraction of sp³-hybridized carbons (Fsp3) is 0.750. The van der Waals surface area contributed by atoms with Crippen LogP contribution in [0.4, 0.5) is 0 Å². The van der Waals surface area contributed by atoms with E-state index in [1.807, 2.05) is 0 Å². The second kappa shape index (κ2) is 2.90. The topological polar surface area (TPSA) is 9.23 Å². The maximum Gasteiger partial charge on any atom is 0.0906 e. The first-order valence-electron chi connectivity index (χ1n) is 3.57. The van der Waals surface area contributed by atoms with Crippen molar-refractivity contribution in [3.8, 4) is 0 Å². The summed E-state index contributed by atoms with van der Waals surface area (Å²) in [4.78, 5) is 0. The highest BCUT2D eigenvalue weighted by molar-refractivity contribution is 4.83. The van der Waals surface area contributed by atoms with Crippen LogP contribution < -0.4 is 0 Å². The Bertz CT molecular complexity index is 105. The predicted octanol–water partition coefficient (Wildman–Crippen LogP) is 2.19. The lowest BCUT2D eigenvalue weighted by molar-refractivity contribution is 0.148. The minimum absolute atomic E-state index is 0.745. The Labute approximate surface area is 56.7 Å². The van der Waals surface area contributed by atoms with Gasteiger partial charge in [0.25, 0.3) is 0 Å². The van der Waals surface area contributed by atoms with Crippen LogP contribution in [0.25, 0.3) is 0 Å². The summed E-state index contributed by atoms with van der Waals surface area (Å²) in [6, 6.07) is 0. The van der Waals surface area contributed by atoms with Crippen LogP contribution in [0.5, 0.6) is 0 Å². The number of rotatable bonds is 1. The molecule has 0 aliphatic carbocycles. The van der Waals surface area contributed by atoms with Gasteiger partial charge in [-0.1, -0.05) is 13.8 Å². The van der Waals surface area contributed by atoms with Gasteiger partial charge in [0.05, 0.1) is 12.9 Å². The number of ether oxygens (including phenoxy) is 1. The van der Waals surface area contributed by atoms with Crippen LogP contribution in [-0.2, 0) is 4.74 Å². The van der Waals surface area contributed by atoms with Gasteiger partial charge in [0.2, 0.25) is 0 Å². The molecule has 0 aromatic rings. The molecule has 0 fully saturated rings. The Hall–Kier alpha value is -0.460. The molecular formula is C8H14O. The lowest BCUT2D eigenvalue weighted by atomic mass is 9.93. The minimum atomic E-state index is 0.745. The molecule has 1 atom stereocenters. The summed E-state index contributed by atoms with van der Waals surface area (Å²) in [5, 5.41) is 0. The van der Waals surface area contributed by atoms with Gasteiger partial charge in [-0.3, -0.25) is 0 Å². The van der Waals surface area contributed by atoms with Crippen LogP contribution in [-0.4, -0.2) is 6.61 Å². The molecule has 1 aliphatic rings. The van der Waals surface area contributed by atoms with Crippen molar-refractivity contribution in [1.82, 2.24) is 0 Å². The van der Waals surface area contributed by atoms with Crippen molar-refractivity contribution < 1.29 is 4.74 Å². The standard InChI is InChI=1S/C8H14O/c1-7(2)8-4-3-5-9-6-8/h3,5,7-8H,4,6H2,1-2H3. The zero-order valence-electron chi connectivity index (χ0n) is 6.13. The van der Waals surface area contributed by atoms with Crippen molar-refractivity contribution in [3.05, 3.63) is 12.3 Å². The van der Waals surface area contributed by atoms with Crippen LogP contribution in [0.3, 0.4) is 0 Å². The van der Waals surface area contributed by atoms with Crippen molar-refractivity contribution >= 4 is 0 Å². The predicted molar refractivity (Wildman–Crippen MR) is 38.0 cm³/mol. The normalized spacial score (nSPS) is 26.3. The van der Waals surface area contributed by atoms with Gasteiger partial charge in [-0.05, 0) is 24.3 Å². The maximum absolute atomic E-state index is 5.16. The average Bonchev–Trinajstić information content (AvgIpc) is 1.90. The van der Waals surface area contributed by atoms with E-state index < -0.39 is 0 Å². The molecule has 1 aliphatic heterocycles. The van der Waals surface area contributed by atoms with Crippen molar-refractivity contribution in [2.75, 3.05) is 6.61 Å². The first-order chi connectivity index (χ1) is 4.30. The van der Waals surface area contributed by atoms with E-state index in [1.165, 1.54) is 6.42 Å². The highest BCUT2D eigenvalue weighted by atomic mass is 16.5. The largest absolute Gasteiger partial charge is 0.501 e. The summed E-state index contributed by atoms with van der Waals surface area (Å²) in [5.74, 6) is 1.50. The molecular weight excluding hydrogens is 112 g/mol. The smallest absolute Gasteiger partial charge is 0.0906 e. The molecule has 1 heteroatoms. The first kappa shape index (κ1) is 6.66. The molecule has 0 radical (unpaired) electrons. The zero-order valence-corrected chi connectivity index (χ0v) is 6.13. The Balaban J connectivity index is 2.35. The summed E-state index contributed by atoms with van der Waals surface area (Å²) in [7, 11) is 0. The van der Waals surface area contributed by atoms with Crippen LogP contribution in [0.1, 0.15) is 20.3 Å². The quantitative estimate of drug-likeness (QED) is 0.523. The second-order valence-electron chi connectivity index (χ2n) is 2.94. The molecule has 0 bridgehead atoms. The third-order valence-corrected chi connectivity index (χ3v) is 1.88. The minimum Gasteiger partial charge on any atom is -0.501 e. The molecule has 1 nitrogen and oxygen atoms in total. The van der Waals surface area contributed by atoms with Gasteiger partial charge in [-0.15, -0.1) is 0 Å². The molecule has 52 valence electrons. The summed E-state index contributed by atoms with van der Waals surface area (Å²) in [6.07, 6.45) is 5.10. The maximum atomic E-state index is 5.16. The highest BCUT2D eigenvalue weighted by Crippen LogP contribution is 2.18. The third-order valence-electron chi connectivity index (χ3n) is 1.88. The van der Waals surface area contributed by atoms with Crippen LogP contribution in [0.2, 0.25) is 0 Å². The summed E-state index contributed by atoms with van der Waals surface area (Å²) >= 11 is 0. The van der Waals surface area contributed by atoms with E-state index in [-0.39, 0.29) is 0 Å². The molecule has 0 amide bonds. The van der Waals surface area contributed by atoms with E-state index >= 15 is 0 Å². The molecule has 0 spiro atoms. The van der Waals surface area contributed by atoms with Crippen LogP contribution in [0.15, 0.2) is 12.3 Å². The Morgan fingerprint density at radius 1 is 1.56 bits per heavy atom. The van der Waals surface area contributed by atoms with Crippen LogP contribution >= 0.6 is 0 Å². The Morgan fingerprint density at radius 3 is 2.67 bits per heavy atom. The van der Waals surface area contributed by atoms with Crippen LogP contribution in [0, 0.1) is 11.8 Å². The number of hydrogen-bond acceptors (Lipinski definition) is 1. The SMILES string of the molecule is CC(C)C1CC=COC1. The van der Waals surface area contributed by atoms with Gasteiger partial charge in [0, 0.05) is 0 Å². The number of allylic oxidation sites excluding steroid dienone is 1. The fourth-order valence-electron chi connectivity index (χ4n) is 1.01. The van der Waals surface area contributed by atoms with Crippen molar-refractivity contribution in [3.63, 3.8) is 0 Å². The van der Waals surface area contributed by atoms with E-state index in [0.717, 1.165) is 18.4 Å². The van der Waals surface area contributed by atoms with E-state index in [9.17, 15) is 0 Å². The van der Waals surface area contributed by atoms with Gasteiger partial charge in [0.1, 0.15) is 0 Å². The van der Waals surface area contributed by atoms with Gasteiger partial charge in [-0.25, -0.2) is 0 Å². The molecule has 0 N–H and O–H groups in total.